The number of hydrogen-bond donors (Lipinski definition) is 1. The van der Waals surface area contributed by atoms with Crippen molar-refractivity contribution in [3.63, 3.8) is 0 Å². The number of rotatable bonds is 14. The number of phosphoric acid groups is 1. The van der Waals surface area contributed by atoms with Gasteiger partial charge in [-0.1, -0.05) is 51.4 Å². The summed E-state index contributed by atoms with van der Waals surface area (Å²) in [5.41, 5.74) is 5.43. The van der Waals surface area contributed by atoms with E-state index in [1.54, 1.807) is 0 Å². The quantitative estimate of drug-likeness (QED) is 0.393. The summed E-state index contributed by atoms with van der Waals surface area (Å²) >= 11 is 0. The predicted molar refractivity (Wildman–Crippen MR) is 75.8 cm³/mol. The highest BCUT2D eigenvalue weighted by atomic mass is 31.2. The zero-order valence-electron chi connectivity index (χ0n) is 12.1. The molecule has 0 fully saturated rings. The average molecular weight is 294 g/mol. The molecule has 0 aliphatic carbocycles. The molecule has 6 heteroatoms. The van der Waals surface area contributed by atoms with Crippen molar-refractivity contribution in [2.24, 2.45) is 5.73 Å². The van der Waals surface area contributed by atoms with Gasteiger partial charge in [-0.25, -0.2) is 0 Å². The summed E-state index contributed by atoms with van der Waals surface area (Å²) in [6.45, 7) is 1.04. The zero-order chi connectivity index (χ0) is 14.4. The molecule has 0 rings (SSSR count). The molecule has 19 heavy (non-hydrogen) atoms. The summed E-state index contributed by atoms with van der Waals surface area (Å²) in [6.07, 6.45) is 11.7. The van der Waals surface area contributed by atoms with Gasteiger partial charge < -0.3 is 19.7 Å². The molecule has 5 nitrogen and oxygen atoms in total. The van der Waals surface area contributed by atoms with Crippen molar-refractivity contribution in [3.8, 4) is 0 Å². The Labute approximate surface area is 117 Å². The van der Waals surface area contributed by atoms with Crippen molar-refractivity contribution in [2.75, 3.05) is 20.3 Å². The highest BCUT2D eigenvalue weighted by Gasteiger charge is 2.04. The first kappa shape index (κ1) is 19.1. The fourth-order valence-corrected chi connectivity index (χ4v) is 2.35. The third-order valence-electron chi connectivity index (χ3n) is 3.07. The van der Waals surface area contributed by atoms with Crippen LogP contribution in [0.2, 0.25) is 0 Å². The molecule has 116 valence electrons. The van der Waals surface area contributed by atoms with Gasteiger partial charge in [-0.2, -0.15) is 0 Å². The van der Waals surface area contributed by atoms with Crippen LogP contribution in [0.5, 0.6) is 0 Å². The molecule has 0 spiro atoms. The lowest BCUT2D eigenvalue weighted by atomic mass is 10.1. The monoisotopic (exact) mass is 294 g/mol. The van der Waals surface area contributed by atoms with Crippen molar-refractivity contribution >= 4 is 7.82 Å². The molecule has 0 saturated heterocycles. The molecule has 0 heterocycles. The van der Waals surface area contributed by atoms with E-state index in [2.05, 4.69) is 9.05 Å². The third kappa shape index (κ3) is 14.3. The molecule has 1 atom stereocenters. The number of nitrogens with two attached hydrogens (primary N) is 1. The van der Waals surface area contributed by atoms with E-state index in [4.69, 9.17) is 5.73 Å². The van der Waals surface area contributed by atoms with Crippen LogP contribution in [0.4, 0.5) is 0 Å². The summed E-state index contributed by atoms with van der Waals surface area (Å²) in [6, 6.07) is 0. The van der Waals surface area contributed by atoms with Crippen LogP contribution >= 0.6 is 7.82 Å². The first-order valence-corrected chi connectivity index (χ1v) is 8.80. The lowest BCUT2D eigenvalue weighted by Crippen LogP contribution is -2.06. The minimum Gasteiger partial charge on any atom is -0.756 e. The summed E-state index contributed by atoms with van der Waals surface area (Å²) in [5, 5.41) is 0. The Morgan fingerprint density at radius 2 is 1.32 bits per heavy atom. The van der Waals surface area contributed by atoms with Gasteiger partial charge in [0.05, 0.1) is 6.61 Å². The largest absolute Gasteiger partial charge is 0.756 e. The maximum atomic E-state index is 10.9. The van der Waals surface area contributed by atoms with Gasteiger partial charge >= 0.3 is 0 Å². The van der Waals surface area contributed by atoms with Crippen LogP contribution in [-0.2, 0) is 13.6 Å². The van der Waals surface area contributed by atoms with E-state index in [-0.39, 0.29) is 6.61 Å². The fraction of sp³-hybridized carbons (Fsp3) is 1.00. The van der Waals surface area contributed by atoms with E-state index in [9.17, 15) is 9.46 Å². The van der Waals surface area contributed by atoms with Crippen LogP contribution < -0.4 is 10.6 Å². The van der Waals surface area contributed by atoms with Gasteiger partial charge in [-0.05, 0) is 19.4 Å². The summed E-state index contributed by atoms with van der Waals surface area (Å²) < 4.78 is 19.7. The summed E-state index contributed by atoms with van der Waals surface area (Å²) in [5.74, 6) is 0. The van der Waals surface area contributed by atoms with E-state index in [1.165, 1.54) is 38.5 Å². The van der Waals surface area contributed by atoms with E-state index in [0.717, 1.165) is 39.3 Å². The molecular formula is C13H29NO4P-. The summed E-state index contributed by atoms with van der Waals surface area (Å²) in [4.78, 5) is 10.9. The van der Waals surface area contributed by atoms with Crippen LogP contribution in [0.15, 0.2) is 0 Å². The van der Waals surface area contributed by atoms with Crippen LogP contribution in [-0.4, -0.2) is 20.3 Å². The van der Waals surface area contributed by atoms with Gasteiger partial charge in [0.1, 0.15) is 0 Å². The molecule has 0 aromatic carbocycles. The SMILES string of the molecule is COP(=O)([O-])OCCCCCCCCCCCCN. The second kappa shape index (κ2) is 13.1. The van der Waals surface area contributed by atoms with Gasteiger partial charge in [-0.3, -0.25) is 4.57 Å². The second-order valence-corrected chi connectivity index (χ2v) is 6.30. The van der Waals surface area contributed by atoms with Crippen molar-refractivity contribution < 1.29 is 18.5 Å². The molecule has 0 saturated carbocycles. The topological polar surface area (TPSA) is 84.6 Å². The normalized spacial score (nSPS) is 14.5. The van der Waals surface area contributed by atoms with E-state index in [0.29, 0.717) is 0 Å². The Bertz CT molecular complexity index is 239. The first-order chi connectivity index (χ1) is 9.12. The van der Waals surface area contributed by atoms with Crippen LogP contribution in [0.3, 0.4) is 0 Å². The lowest BCUT2D eigenvalue weighted by molar-refractivity contribution is -0.223. The van der Waals surface area contributed by atoms with E-state index in [1.807, 2.05) is 0 Å². The molecule has 0 radical (unpaired) electrons. The molecule has 1 unspecified atom stereocenters. The van der Waals surface area contributed by atoms with Crippen LogP contribution in [0.1, 0.15) is 64.2 Å². The highest BCUT2D eigenvalue weighted by molar-refractivity contribution is 7.45. The minimum absolute atomic E-state index is 0.230. The minimum atomic E-state index is -4.01. The molecule has 0 aliphatic rings. The van der Waals surface area contributed by atoms with Gasteiger partial charge in [0.25, 0.3) is 7.82 Å². The van der Waals surface area contributed by atoms with Crippen LogP contribution in [0, 0.1) is 0 Å². The maximum absolute atomic E-state index is 10.9. The molecule has 0 bridgehead atoms. The van der Waals surface area contributed by atoms with Crippen molar-refractivity contribution in [3.05, 3.63) is 0 Å². The maximum Gasteiger partial charge on any atom is 0.267 e. The number of hydrogen-bond acceptors (Lipinski definition) is 5. The van der Waals surface area contributed by atoms with E-state index >= 15 is 0 Å². The molecule has 0 amide bonds. The van der Waals surface area contributed by atoms with Gasteiger partial charge in [0, 0.05) is 7.11 Å². The summed E-state index contributed by atoms with van der Waals surface area (Å²) in [7, 11) is -2.90. The lowest BCUT2D eigenvalue weighted by Gasteiger charge is -2.19. The van der Waals surface area contributed by atoms with Crippen molar-refractivity contribution in [1.29, 1.82) is 0 Å². The fourth-order valence-electron chi connectivity index (χ4n) is 1.89. The Morgan fingerprint density at radius 3 is 1.74 bits per heavy atom. The Balaban J connectivity index is 3.09. The van der Waals surface area contributed by atoms with Gasteiger partial charge in [0.15, 0.2) is 0 Å². The molecule has 0 aliphatic heterocycles. The first-order valence-electron chi connectivity index (χ1n) is 7.34. The van der Waals surface area contributed by atoms with Crippen molar-refractivity contribution in [2.45, 2.75) is 64.2 Å². The highest BCUT2D eigenvalue weighted by Crippen LogP contribution is 2.36. The van der Waals surface area contributed by atoms with Gasteiger partial charge in [-0.15, -0.1) is 0 Å². The molecule has 0 aromatic heterocycles. The predicted octanol–water partition coefficient (Wildman–Crippen LogP) is 2.98. The van der Waals surface area contributed by atoms with Crippen LogP contribution in [0.25, 0.3) is 0 Å². The number of phosphoric ester groups is 1. The average Bonchev–Trinajstić information content (AvgIpc) is 2.40. The molecular weight excluding hydrogens is 265 g/mol. The second-order valence-electron chi connectivity index (χ2n) is 4.79. The standard InChI is InChI=1S/C13H30NO4P/c1-17-19(15,16)18-13-11-9-7-5-3-2-4-6-8-10-12-14/h2-14H2,1H3,(H,15,16)/p-1. The zero-order valence-corrected chi connectivity index (χ0v) is 13.0. The number of unbranched alkanes of at least 4 members (excludes halogenated alkanes) is 9. The van der Waals surface area contributed by atoms with Gasteiger partial charge in [0.2, 0.25) is 0 Å². The Morgan fingerprint density at radius 1 is 0.895 bits per heavy atom. The smallest absolute Gasteiger partial charge is 0.267 e. The van der Waals surface area contributed by atoms with Crippen molar-refractivity contribution in [1.82, 2.24) is 0 Å². The Hall–Kier alpha value is 0.0700. The molecule has 2 N–H and O–H groups in total. The third-order valence-corrected chi connectivity index (χ3v) is 4.02. The van der Waals surface area contributed by atoms with E-state index < -0.39 is 7.82 Å². The Kier molecular flexibility index (Phi) is 13.1. The molecule has 0 aromatic rings.